The second-order valence-electron chi connectivity index (χ2n) is 2.89. The number of amides is 1. The van der Waals surface area contributed by atoms with Crippen molar-refractivity contribution in [3.63, 3.8) is 0 Å². The number of anilines is 1. The Morgan fingerprint density at radius 3 is 2.25 bits per heavy atom. The number of hydrogen-bond donors (Lipinski definition) is 2. The second-order valence-corrected chi connectivity index (χ2v) is 5.39. The summed E-state index contributed by atoms with van der Waals surface area (Å²) in [4.78, 5) is 22.0. The molecule has 86 valence electrons. The largest absolute Gasteiger partial charge is 0.478 e. The quantitative estimate of drug-likeness (QED) is 0.775. The minimum atomic E-state index is -1.09. The van der Waals surface area contributed by atoms with Crippen molar-refractivity contribution in [3.8, 4) is 0 Å². The number of carbonyl (C=O) groups is 2. The van der Waals surface area contributed by atoms with Gasteiger partial charge in [-0.2, -0.15) is 0 Å². The molecule has 0 unspecified atom stereocenters. The third-order valence-corrected chi connectivity index (χ3v) is 3.73. The number of nitrogens with one attached hydrogen (secondary N) is 1. The molecule has 0 saturated heterocycles. The van der Waals surface area contributed by atoms with E-state index < -0.39 is 5.97 Å². The van der Waals surface area contributed by atoms with E-state index in [2.05, 4.69) is 53.1 Å². The molecule has 0 saturated carbocycles. The van der Waals surface area contributed by atoms with Crippen molar-refractivity contribution >= 4 is 65.4 Å². The smallest absolute Gasteiger partial charge is 0.338 e. The standard InChI is InChI=1S/C9H6Br3NO3/c1-3(14)13-8-5(11)2-4(10)6(7(8)12)9(15)16/h2H,1H3,(H,13,14)(H,15,16). The maximum Gasteiger partial charge on any atom is 0.338 e. The molecule has 7 heteroatoms. The minimum absolute atomic E-state index is 0.0620. The highest BCUT2D eigenvalue weighted by Crippen LogP contribution is 2.38. The summed E-state index contributed by atoms with van der Waals surface area (Å²) in [6.45, 7) is 1.35. The molecule has 1 aromatic rings. The van der Waals surface area contributed by atoms with Crippen LogP contribution in [0.4, 0.5) is 5.69 Å². The first kappa shape index (κ1) is 13.7. The van der Waals surface area contributed by atoms with E-state index in [0.717, 1.165) is 0 Å². The lowest BCUT2D eigenvalue weighted by Crippen LogP contribution is -2.10. The van der Waals surface area contributed by atoms with Crippen LogP contribution >= 0.6 is 47.8 Å². The number of rotatable bonds is 2. The molecular weight excluding hydrogens is 410 g/mol. The van der Waals surface area contributed by atoms with Gasteiger partial charge in [-0.05, 0) is 53.9 Å². The van der Waals surface area contributed by atoms with Gasteiger partial charge in [-0.3, -0.25) is 4.79 Å². The van der Waals surface area contributed by atoms with E-state index in [1.807, 2.05) is 0 Å². The highest BCUT2D eigenvalue weighted by Gasteiger charge is 2.19. The van der Waals surface area contributed by atoms with Crippen molar-refractivity contribution < 1.29 is 14.7 Å². The van der Waals surface area contributed by atoms with Gasteiger partial charge in [0.1, 0.15) is 0 Å². The Kier molecular flexibility index (Phi) is 4.52. The summed E-state index contributed by atoms with van der Waals surface area (Å²) in [6, 6.07) is 1.57. The molecule has 0 heterocycles. The third kappa shape index (κ3) is 2.83. The van der Waals surface area contributed by atoms with Crippen molar-refractivity contribution in [1.29, 1.82) is 0 Å². The van der Waals surface area contributed by atoms with Crippen LogP contribution < -0.4 is 5.32 Å². The van der Waals surface area contributed by atoms with Crippen LogP contribution in [-0.2, 0) is 4.79 Å². The van der Waals surface area contributed by atoms with Crippen LogP contribution in [0.3, 0.4) is 0 Å². The van der Waals surface area contributed by atoms with Crippen LogP contribution in [0, 0.1) is 0 Å². The normalized spacial score (nSPS) is 10.0. The lowest BCUT2D eigenvalue weighted by Gasteiger charge is -2.11. The molecule has 0 aromatic heterocycles. The number of carboxylic acid groups (broad SMARTS) is 1. The number of carbonyl (C=O) groups excluding carboxylic acids is 1. The molecule has 0 aliphatic carbocycles. The fraction of sp³-hybridized carbons (Fsp3) is 0.111. The number of aromatic carboxylic acids is 1. The van der Waals surface area contributed by atoms with E-state index in [1.54, 1.807) is 6.07 Å². The van der Waals surface area contributed by atoms with Gasteiger partial charge in [0.2, 0.25) is 5.91 Å². The van der Waals surface area contributed by atoms with Gasteiger partial charge >= 0.3 is 5.97 Å². The SMILES string of the molecule is CC(=O)Nc1c(Br)cc(Br)c(C(=O)O)c1Br. The molecule has 0 spiro atoms. The van der Waals surface area contributed by atoms with Gasteiger partial charge < -0.3 is 10.4 Å². The molecule has 1 rings (SSSR count). The van der Waals surface area contributed by atoms with Gasteiger partial charge in [-0.25, -0.2) is 4.79 Å². The molecule has 0 aliphatic heterocycles. The zero-order valence-corrected chi connectivity index (χ0v) is 12.7. The minimum Gasteiger partial charge on any atom is -0.478 e. The zero-order chi connectivity index (χ0) is 12.5. The maximum atomic E-state index is 11.0. The predicted octanol–water partition coefficient (Wildman–Crippen LogP) is 3.63. The fourth-order valence-corrected chi connectivity index (χ4v) is 3.74. The predicted molar refractivity (Wildman–Crippen MR) is 70.8 cm³/mol. The monoisotopic (exact) mass is 413 g/mol. The Labute approximate surface area is 117 Å². The number of hydrogen-bond acceptors (Lipinski definition) is 2. The van der Waals surface area contributed by atoms with Crippen LogP contribution in [0.2, 0.25) is 0 Å². The summed E-state index contributed by atoms with van der Waals surface area (Å²) < 4.78 is 1.33. The Hall–Kier alpha value is -0.400. The van der Waals surface area contributed by atoms with Crippen LogP contribution in [0.25, 0.3) is 0 Å². The molecule has 1 amide bonds. The summed E-state index contributed by atoms with van der Waals surface area (Å²) in [7, 11) is 0. The average molecular weight is 416 g/mol. The Morgan fingerprint density at radius 2 is 1.81 bits per heavy atom. The first-order valence-corrected chi connectivity index (χ1v) is 6.41. The van der Waals surface area contributed by atoms with E-state index in [-0.39, 0.29) is 11.5 Å². The lowest BCUT2D eigenvalue weighted by atomic mass is 10.2. The van der Waals surface area contributed by atoms with Gasteiger partial charge in [0, 0.05) is 15.9 Å². The first-order valence-electron chi connectivity index (χ1n) is 4.03. The molecule has 0 atom stereocenters. The Bertz CT molecular complexity index is 474. The van der Waals surface area contributed by atoms with E-state index in [4.69, 9.17) is 5.11 Å². The number of carboxylic acids is 1. The van der Waals surface area contributed by atoms with Crippen LogP contribution in [-0.4, -0.2) is 17.0 Å². The lowest BCUT2D eigenvalue weighted by molar-refractivity contribution is -0.114. The molecule has 1 aromatic carbocycles. The summed E-state index contributed by atoms with van der Waals surface area (Å²) in [5.41, 5.74) is 0.458. The number of halogens is 3. The van der Waals surface area contributed by atoms with Crippen molar-refractivity contribution in [2.75, 3.05) is 5.32 Å². The van der Waals surface area contributed by atoms with Gasteiger partial charge in [0.25, 0.3) is 0 Å². The van der Waals surface area contributed by atoms with Crippen LogP contribution in [0.5, 0.6) is 0 Å². The molecular formula is C9H6Br3NO3. The molecule has 0 aliphatic rings. The molecule has 0 radical (unpaired) electrons. The summed E-state index contributed by atoms with van der Waals surface area (Å²) >= 11 is 9.54. The van der Waals surface area contributed by atoms with Gasteiger partial charge in [-0.1, -0.05) is 0 Å². The van der Waals surface area contributed by atoms with Gasteiger partial charge in [0.05, 0.1) is 15.7 Å². The summed E-state index contributed by atoms with van der Waals surface area (Å²) in [6.07, 6.45) is 0. The van der Waals surface area contributed by atoms with Crippen LogP contribution in [0.1, 0.15) is 17.3 Å². The van der Waals surface area contributed by atoms with E-state index >= 15 is 0 Å². The average Bonchev–Trinajstić information content (AvgIpc) is 2.10. The van der Waals surface area contributed by atoms with Crippen molar-refractivity contribution in [1.82, 2.24) is 0 Å². The second kappa shape index (κ2) is 5.29. The Balaban J connectivity index is 3.44. The van der Waals surface area contributed by atoms with Crippen LogP contribution in [0.15, 0.2) is 19.5 Å². The zero-order valence-electron chi connectivity index (χ0n) is 7.97. The van der Waals surface area contributed by atoms with Crippen molar-refractivity contribution in [3.05, 3.63) is 25.0 Å². The van der Waals surface area contributed by atoms with E-state index in [0.29, 0.717) is 19.1 Å². The first-order chi connectivity index (χ1) is 7.34. The molecule has 2 N–H and O–H groups in total. The Morgan fingerprint density at radius 1 is 1.25 bits per heavy atom. The topological polar surface area (TPSA) is 66.4 Å². The summed E-state index contributed by atoms with van der Waals surface area (Å²) in [5.74, 6) is -1.36. The third-order valence-electron chi connectivity index (χ3n) is 1.68. The molecule has 16 heavy (non-hydrogen) atoms. The maximum absolute atomic E-state index is 11.0. The molecule has 0 bridgehead atoms. The molecule has 4 nitrogen and oxygen atoms in total. The summed E-state index contributed by atoms with van der Waals surface area (Å²) in [5, 5.41) is 11.6. The van der Waals surface area contributed by atoms with E-state index in [1.165, 1.54) is 6.92 Å². The molecule has 0 fully saturated rings. The van der Waals surface area contributed by atoms with Gasteiger partial charge in [0.15, 0.2) is 0 Å². The van der Waals surface area contributed by atoms with Crippen molar-refractivity contribution in [2.45, 2.75) is 6.92 Å². The number of benzene rings is 1. The van der Waals surface area contributed by atoms with Gasteiger partial charge in [-0.15, -0.1) is 0 Å². The van der Waals surface area contributed by atoms with Crippen molar-refractivity contribution in [2.24, 2.45) is 0 Å². The fourth-order valence-electron chi connectivity index (χ4n) is 1.08. The highest BCUT2D eigenvalue weighted by molar-refractivity contribution is 9.11. The van der Waals surface area contributed by atoms with E-state index in [9.17, 15) is 9.59 Å². The highest BCUT2D eigenvalue weighted by atomic mass is 79.9.